The fourth-order valence-electron chi connectivity index (χ4n) is 2.44. The lowest BCUT2D eigenvalue weighted by atomic mass is 9.87. The molecule has 0 N–H and O–H groups in total. The molecule has 1 fully saturated rings. The second-order valence-corrected chi connectivity index (χ2v) is 4.83. The van der Waals surface area contributed by atoms with Gasteiger partial charge in [-0.25, -0.2) is 0 Å². The first kappa shape index (κ1) is 13.6. The predicted octanol–water partition coefficient (Wildman–Crippen LogP) is 2.52. The highest BCUT2D eigenvalue weighted by molar-refractivity contribution is 6.33. The number of rotatable bonds is 4. The van der Waals surface area contributed by atoms with E-state index in [9.17, 15) is 0 Å². The van der Waals surface area contributed by atoms with E-state index in [4.69, 9.17) is 17.3 Å². The highest BCUT2D eigenvalue weighted by atomic mass is 16.5. The first-order chi connectivity index (χ1) is 8.81. The zero-order valence-corrected chi connectivity index (χ0v) is 11.1. The summed E-state index contributed by atoms with van der Waals surface area (Å²) in [5, 5.41) is 0. The van der Waals surface area contributed by atoms with Crippen LogP contribution in [0.25, 0.3) is 0 Å². The van der Waals surface area contributed by atoms with E-state index in [1.165, 1.54) is 0 Å². The van der Waals surface area contributed by atoms with Crippen molar-refractivity contribution in [2.45, 2.75) is 44.8 Å². The molecule has 1 saturated heterocycles. The molecule has 1 aliphatic heterocycles. The molecule has 0 aliphatic carbocycles. The van der Waals surface area contributed by atoms with Crippen LogP contribution in [0.5, 0.6) is 0 Å². The van der Waals surface area contributed by atoms with Crippen LogP contribution in [-0.4, -0.2) is 27.2 Å². The van der Waals surface area contributed by atoms with Crippen molar-refractivity contribution in [1.82, 2.24) is 0 Å². The molecule has 0 bridgehead atoms. The average molecular weight is 244 g/mol. The number of benzene rings is 1. The Morgan fingerprint density at radius 1 is 1.33 bits per heavy atom. The van der Waals surface area contributed by atoms with Crippen molar-refractivity contribution in [1.29, 1.82) is 0 Å². The second kappa shape index (κ2) is 6.96. The molecule has 2 nitrogen and oxygen atoms in total. The van der Waals surface area contributed by atoms with Gasteiger partial charge in [-0.15, -0.1) is 0 Å². The van der Waals surface area contributed by atoms with E-state index in [-0.39, 0.29) is 6.10 Å². The molecule has 0 amide bonds. The molecule has 0 spiro atoms. The molecule has 1 aromatic rings. The zero-order chi connectivity index (χ0) is 12.8. The molecule has 2 atom stereocenters. The van der Waals surface area contributed by atoms with E-state index >= 15 is 0 Å². The van der Waals surface area contributed by atoms with Gasteiger partial charge in [0.25, 0.3) is 0 Å². The molecule has 2 rings (SSSR count). The fourth-order valence-corrected chi connectivity index (χ4v) is 2.44. The molecule has 18 heavy (non-hydrogen) atoms. The molecule has 96 valence electrons. The van der Waals surface area contributed by atoms with Gasteiger partial charge in [0.2, 0.25) is 0 Å². The molecule has 2 unspecified atom stereocenters. The Kier molecular flexibility index (Phi) is 5.27. The average Bonchev–Trinajstić information content (AvgIpc) is 2.65. The summed E-state index contributed by atoms with van der Waals surface area (Å²) in [6.07, 6.45) is 4.52. The van der Waals surface area contributed by atoms with E-state index in [1.807, 2.05) is 18.2 Å². The fraction of sp³-hybridized carbons (Fsp3) is 0.600. The van der Waals surface area contributed by atoms with Crippen molar-refractivity contribution in [2.24, 2.45) is 0 Å². The van der Waals surface area contributed by atoms with Crippen LogP contribution in [0.3, 0.4) is 0 Å². The molecular weight excluding hydrogens is 223 g/mol. The summed E-state index contributed by atoms with van der Waals surface area (Å²) in [6.45, 7) is 3.82. The van der Waals surface area contributed by atoms with Crippen LogP contribution in [0, 0.1) is 0 Å². The first-order valence-corrected chi connectivity index (χ1v) is 6.89. The maximum absolute atomic E-state index is 6.23. The summed E-state index contributed by atoms with van der Waals surface area (Å²) in [4.78, 5) is 0. The summed E-state index contributed by atoms with van der Waals surface area (Å²) in [5.74, 6) is 0. The van der Waals surface area contributed by atoms with Crippen molar-refractivity contribution in [3.8, 4) is 0 Å². The first-order valence-electron chi connectivity index (χ1n) is 6.89. The lowest BCUT2D eigenvalue weighted by Crippen LogP contribution is -2.21. The highest BCUT2D eigenvalue weighted by Gasteiger charge is 2.19. The van der Waals surface area contributed by atoms with Crippen LogP contribution >= 0.6 is 0 Å². The van der Waals surface area contributed by atoms with E-state index in [2.05, 4.69) is 13.0 Å². The van der Waals surface area contributed by atoms with E-state index in [1.54, 1.807) is 0 Å². The summed E-state index contributed by atoms with van der Waals surface area (Å²) < 4.78 is 11.7. The minimum atomic E-state index is 0.106. The van der Waals surface area contributed by atoms with Crippen LogP contribution in [0.1, 0.15) is 44.3 Å². The van der Waals surface area contributed by atoms with Crippen molar-refractivity contribution in [3.05, 3.63) is 29.8 Å². The van der Waals surface area contributed by atoms with E-state index < -0.39 is 0 Å². The van der Waals surface area contributed by atoms with Gasteiger partial charge in [0.15, 0.2) is 0 Å². The summed E-state index contributed by atoms with van der Waals surface area (Å²) >= 11 is 0. The second-order valence-electron chi connectivity index (χ2n) is 4.83. The third-order valence-corrected chi connectivity index (χ3v) is 3.47. The Labute approximate surface area is 111 Å². The van der Waals surface area contributed by atoms with Gasteiger partial charge in [-0.2, -0.15) is 0 Å². The van der Waals surface area contributed by atoms with Gasteiger partial charge in [-0.05, 0) is 31.2 Å². The lowest BCUT2D eigenvalue weighted by molar-refractivity contribution is -0.0243. The Morgan fingerprint density at radius 3 is 2.94 bits per heavy atom. The SMILES string of the molecule is [B]c1ccccc1C(CC)OC1CCCOCC1. The van der Waals surface area contributed by atoms with E-state index in [0.29, 0.717) is 6.10 Å². The normalized spacial score (nSPS) is 22.4. The van der Waals surface area contributed by atoms with Crippen LogP contribution < -0.4 is 5.46 Å². The van der Waals surface area contributed by atoms with E-state index in [0.717, 1.165) is 49.9 Å². The number of hydrogen-bond donors (Lipinski definition) is 0. The van der Waals surface area contributed by atoms with Gasteiger partial charge < -0.3 is 9.47 Å². The quantitative estimate of drug-likeness (QED) is 0.757. The maximum Gasteiger partial charge on any atom is 0.114 e. The topological polar surface area (TPSA) is 18.5 Å². The largest absolute Gasteiger partial charge is 0.381 e. The number of ether oxygens (including phenoxy) is 2. The zero-order valence-electron chi connectivity index (χ0n) is 11.1. The molecule has 1 heterocycles. The predicted molar refractivity (Wildman–Crippen MR) is 74.4 cm³/mol. The molecule has 0 aromatic heterocycles. The van der Waals surface area contributed by atoms with Crippen LogP contribution in [-0.2, 0) is 9.47 Å². The smallest absolute Gasteiger partial charge is 0.114 e. The van der Waals surface area contributed by atoms with Gasteiger partial charge in [0.1, 0.15) is 7.85 Å². The van der Waals surface area contributed by atoms with Crippen LogP contribution in [0.2, 0.25) is 0 Å². The third-order valence-electron chi connectivity index (χ3n) is 3.47. The van der Waals surface area contributed by atoms with Gasteiger partial charge >= 0.3 is 0 Å². The standard InChI is InChI=1S/C15H21BO2/c1-2-15(13-7-3-4-8-14(13)16)18-12-6-5-10-17-11-9-12/h3-4,7-8,12,15H,2,5-6,9-11H2,1H3. The monoisotopic (exact) mass is 244 g/mol. The molecular formula is C15H21BO2. The Morgan fingerprint density at radius 2 is 2.17 bits per heavy atom. The van der Waals surface area contributed by atoms with Gasteiger partial charge in [-0.1, -0.05) is 36.7 Å². The minimum Gasteiger partial charge on any atom is -0.381 e. The van der Waals surface area contributed by atoms with Gasteiger partial charge in [-0.3, -0.25) is 0 Å². The number of hydrogen-bond acceptors (Lipinski definition) is 2. The van der Waals surface area contributed by atoms with Crippen molar-refractivity contribution in [2.75, 3.05) is 13.2 Å². The van der Waals surface area contributed by atoms with Crippen LogP contribution in [0.4, 0.5) is 0 Å². The Hall–Kier alpha value is -0.795. The third kappa shape index (κ3) is 3.60. The summed E-state index contributed by atoms with van der Waals surface area (Å²) in [7, 11) is 6.03. The maximum atomic E-state index is 6.23. The minimum absolute atomic E-state index is 0.106. The Balaban J connectivity index is 2.02. The van der Waals surface area contributed by atoms with Crippen LogP contribution in [0.15, 0.2) is 24.3 Å². The summed E-state index contributed by atoms with van der Waals surface area (Å²) in [6, 6.07) is 7.99. The lowest BCUT2D eigenvalue weighted by Gasteiger charge is -2.24. The molecule has 2 radical (unpaired) electrons. The molecule has 1 aliphatic rings. The summed E-state index contributed by atoms with van der Waals surface area (Å²) in [5.41, 5.74) is 1.94. The van der Waals surface area contributed by atoms with Crippen molar-refractivity contribution >= 4 is 13.3 Å². The molecule has 3 heteroatoms. The molecule has 0 saturated carbocycles. The highest BCUT2D eigenvalue weighted by Crippen LogP contribution is 2.24. The van der Waals surface area contributed by atoms with Gasteiger partial charge in [0.05, 0.1) is 12.2 Å². The molecule has 1 aromatic carbocycles. The van der Waals surface area contributed by atoms with Crippen molar-refractivity contribution < 1.29 is 9.47 Å². The van der Waals surface area contributed by atoms with Gasteiger partial charge in [0, 0.05) is 13.2 Å². The Bertz CT molecular complexity index is 359. The van der Waals surface area contributed by atoms with Crippen molar-refractivity contribution in [3.63, 3.8) is 0 Å².